The maximum atomic E-state index is 12.3. The predicted molar refractivity (Wildman–Crippen MR) is 72.9 cm³/mol. The van der Waals surface area contributed by atoms with Gasteiger partial charge in [0.1, 0.15) is 0 Å². The topological polar surface area (TPSA) is 81.7 Å². The zero-order chi connectivity index (χ0) is 14.7. The van der Waals surface area contributed by atoms with Crippen molar-refractivity contribution >= 4 is 11.9 Å². The van der Waals surface area contributed by atoms with Crippen LogP contribution in [0, 0.1) is 5.41 Å². The van der Waals surface area contributed by atoms with Gasteiger partial charge in [-0.2, -0.15) is 0 Å². The first-order valence-electron chi connectivity index (χ1n) is 6.65. The van der Waals surface area contributed by atoms with E-state index in [-0.39, 0.29) is 12.5 Å². The minimum absolute atomic E-state index is 0.122. The molecular weight excluding hydrogens is 246 g/mol. The number of piperazine rings is 1. The van der Waals surface area contributed by atoms with E-state index in [4.69, 9.17) is 5.11 Å². The van der Waals surface area contributed by atoms with E-state index in [1.54, 1.807) is 13.8 Å². The molecule has 0 radical (unpaired) electrons. The number of nitrogens with one attached hydrogen (secondary N) is 2. The Morgan fingerprint density at radius 3 is 2.21 bits per heavy atom. The molecule has 6 nitrogen and oxygen atoms in total. The van der Waals surface area contributed by atoms with Gasteiger partial charge >= 0.3 is 5.97 Å². The van der Waals surface area contributed by atoms with Gasteiger partial charge in [0.2, 0.25) is 5.91 Å². The van der Waals surface area contributed by atoms with Crippen molar-refractivity contribution in [1.29, 1.82) is 0 Å². The van der Waals surface area contributed by atoms with Crippen molar-refractivity contribution in [1.82, 2.24) is 15.5 Å². The van der Waals surface area contributed by atoms with Gasteiger partial charge in [-0.15, -0.1) is 0 Å². The standard InChI is InChI=1S/C13H25N3O3/c1-12(2,11(18)19)9-15-10(17)13(3,4)16-7-5-14-6-8-16/h14H,5-9H2,1-4H3,(H,15,17)(H,18,19). The number of aliphatic carboxylic acids is 1. The van der Waals surface area contributed by atoms with Crippen LogP contribution in [0.15, 0.2) is 0 Å². The Morgan fingerprint density at radius 2 is 1.74 bits per heavy atom. The Labute approximate surface area is 114 Å². The largest absolute Gasteiger partial charge is 0.481 e. The van der Waals surface area contributed by atoms with Crippen LogP contribution in [0.2, 0.25) is 0 Å². The SMILES string of the molecule is CC(C)(CNC(=O)C(C)(C)N1CCNCC1)C(=O)O. The molecule has 0 aromatic rings. The highest BCUT2D eigenvalue weighted by molar-refractivity contribution is 5.86. The van der Waals surface area contributed by atoms with E-state index in [1.165, 1.54) is 0 Å². The van der Waals surface area contributed by atoms with Crippen molar-refractivity contribution in [3.05, 3.63) is 0 Å². The Kier molecular flexibility index (Phi) is 4.92. The summed E-state index contributed by atoms with van der Waals surface area (Å²) in [5.74, 6) is -1.03. The number of hydrogen-bond donors (Lipinski definition) is 3. The molecule has 0 bridgehead atoms. The zero-order valence-corrected chi connectivity index (χ0v) is 12.2. The molecule has 1 heterocycles. The van der Waals surface area contributed by atoms with Gasteiger partial charge in [0.05, 0.1) is 11.0 Å². The van der Waals surface area contributed by atoms with Gasteiger partial charge in [0.15, 0.2) is 0 Å². The van der Waals surface area contributed by atoms with E-state index >= 15 is 0 Å². The molecule has 0 aliphatic carbocycles. The van der Waals surface area contributed by atoms with Crippen LogP contribution in [0.3, 0.4) is 0 Å². The number of nitrogens with zero attached hydrogens (tertiary/aromatic N) is 1. The summed E-state index contributed by atoms with van der Waals surface area (Å²) in [7, 11) is 0. The van der Waals surface area contributed by atoms with Gasteiger partial charge in [-0.25, -0.2) is 0 Å². The van der Waals surface area contributed by atoms with Crippen LogP contribution in [-0.4, -0.2) is 60.1 Å². The smallest absolute Gasteiger partial charge is 0.310 e. The fourth-order valence-corrected chi connectivity index (χ4v) is 1.96. The molecule has 0 spiro atoms. The second kappa shape index (κ2) is 5.88. The molecule has 0 atom stereocenters. The van der Waals surface area contributed by atoms with E-state index in [0.29, 0.717) is 0 Å². The highest BCUT2D eigenvalue weighted by atomic mass is 16.4. The van der Waals surface area contributed by atoms with Gasteiger partial charge in [-0.05, 0) is 27.7 Å². The van der Waals surface area contributed by atoms with Gasteiger partial charge in [0.25, 0.3) is 0 Å². The molecule has 1 amide bonds. The van der Waals surface area contributed by atoms with E-state index in [0.717, 1.165) is 26.2 Å². The Balaban J connectivity index is 2.58. The molecule has 1 rings (SSSR count). The van der Waals surface area contributed by atoms with E-state index < -0.39 is 16.9 Å². The predicted octanol–water partition coefficient (Wildman–Crippen LogP) is -0.103. The molecule has 0 unspecified atom stereocenters. The fraction of sp³-hybridized carbons (Fsp3) is 0.846. The number of carbonyl (C=O) groups excluding carboxylic acids is 1. The normalized spacial score (nSPS) is 18.1. The van der Waals surface area contributed by atoms with Crippen LogP contribution >= 0.6 is 0 Å². The summed E-state index contributed by atoms with van der Waals surface area (Å²) in [6, 6.07) is 0. The maximum Gasteiger partial charge on any atom is 0.310 e. The van der Waals surface area contributed by atoms with Crippen molar-refractivity contribution in [2.75, 3.05) is 32.7 Å². The average Bonchev–Trinajstić information content (AvgIpc) is 2.36. The second-order valence-corrected chi connectivity index (χ2v) is 6.17. The number of carbonyl (C=O) groups is 2. The molecular formula is C13H25N3O3. The third-order valence-corrected chi connectivity index (χ3v) is 3.73. The average molecular weight is 271 g/mol. The minimum atomic E-state index is -0.949. The van der Waals surface area contributed by atoms with Crippen LogP contribution in [0.1, 0.15) is 27.7 Å². The minimum Gasteiger partial charge on any atom is -0.481 e. The lowest BCUT2D eigenvalue weighted by atomic mass is 9.93. The third-order valence-electron chi connectivity index (χ3n) is 3.73. The summed E-state index contributed by atoms with van der Waals surface area (Å²) >= 11 is 0. The molecule has 19 heavy (non-hydrogen) atoms. The summed E-state index contributed by atoms with van der Waals surface area (Å²) < 4.78 is 0. The summed E-state index contributed by atoms with van der Waals surface area (Å²) in [6.45, 7) is 10.5. The van der Waals surface area contributed by atoms with Gasteiger partial charge in [-0.1, -0.05) is 0 Å². The summed E-state index contributed by atoms with van der Waals surface area (Å²) in [6.07, 6.45) is 0. The van der Waals surface area contributed by atoms with Crippen molar-refractivity contribution < 1.29 is 14.7 Å². The van der Waals surface area contributed by atoms with Gasteiger partial charge in [0, 0.05) is 32.7 Å². The zero-order valence-electron chi connectivity index (χ0n) is 12.2. The van der Waals surface area contributed by atoms with Crippen LogP contribution in [0.25, 0.3) is 0 Å². The lowest BCUT2D eigenvalue weighted by Gasteiger charge is -2.40. The maximum absolute atomic E-state index is 12.3. The van der Waals surface area contributed by atoms with Crippen LogP contribution in [-0.2, 0) is 9.59 Å². The third kappa shape index (κ3) is 3.91. The van der Waals surface area contributed by atoms with Crippen molar-refractivity contribution in [2.24, 2.45) is 5.41 Å². The summed E-state index contributed by atoms with van der Waals surface area (Å²) in [5, 5.41) is 15.0. The Bertz CT molecular complexity index is 347. The number of hydrogen-bond acceptors (Lipinski definition) is 4. The number of carboxylic acids is 1. The van der Waals surface area contributed by atoms with Gasteiger partial charge in [-0.3, -0.25) is 14.5 Å². The van der Waals surface area contributed by atoms with E-state index in [9.17, 15) is 9.59 Å². The van der Waals surface area contributed by atoms with Crippen molar-refractivity contribution in [3.8, 4) is 0 Å². The monoisotopic (exact) mass is 271 g/mol. The molecule has 1 saturated heterocycles. The van der Waals surface area contributed by atoms with E-state index in [2.05, 4.69) is 15.5 Å². The van der Waals surface area contributed by atoms with Crippen LogP contribution < -0.4 is 10.6 Å². The summed E-state index contributed by atoms with van der Waals surface area (Å²) in [5.41, 5.74) is -1.56. The van der Waals surface area contributed by atoms with Crippen LogP contribution in [0.4, 0.5) is 0 Å². The quantitative estimate of drug-likeness (QED) is 0.650. The number of carboxylic acid groups (broad SMARTS) is 1. The molecule has 1 fully saturated rings. The molecule has 3 N–H and O–H groups in total. The van der Waals surface area contributed by atoms with Gasteiger partial charge < -0.3 is 15.7 Å². The lowest BCUT2D eigenvalue weighted by molar-refractivity contribution is -0.147. The molecule has 0 aromatic carbocycles. The highest BCUT2D eigenvalue weighted by Crippen LogP contribution is 2.17. The fourth-order valence-electron chi connectivity index (χ4n) is 1.96. The first-order chi connectivity index (χ1) is 8.68. The first-order valence-corrected chi connectivity index (χ1v) is 6.65. The molecule has 110 valence electrons. The molecule has 0 aromatic heterocycles. The highest BCUT2D eigenvalue weighted by Gasteiger charge is 2.36. The molecule has 6 heteroatoms. The number of amides is 1. The molecule has 1 aliphatic heterocycles. The molecule has 0 saturated carbocycles. The Morgan fingerprint density at radius 1 is 1.21 bits per heavy atom. The number of rotatable bonds is 5. The Hall–Kier alpha value is -1.14. The second-order valence-electron chi connectivity index (χ2n) is 6.17. The molecule has 1 aliphatic rings. The van der Waals surface area contributed by atoms with Crippen LogP contribution in [0.5, 0.6) is 0 Å². The van der Waals surface area contributed by atoms with Crippen molar-refractivity contribution in [2.45, 2.75) is 33.2 Å². The van der Waals surface area contributed by atoms with Crippen molar-refractivity contribution in [3.63, 3.8) is 0 Å². The summed E-state index contributed by atoms with van der Waals surface area (Å²) in [4.78, 5) is 25.4. The first kappa shape index (κ1) is 15.9. The lowest BCUT2D eigenvalue weighted by Crippen LogP contribution is -2.60. The van der Waals surface area contributed by atoms with E-state index in [1.807, 2.05) is 13.8 Å².